The molecule has 2 aromatic rings. The highest BCUT2D eigenvalue weighted by atomic mass is 32.2. The number of amides is 1. The van der Waals surface area contributed by atoms with Crippen LogP contribution in [0.4, 0.5) is 5.69 Å². The molecule has 0 aromatic heterocycles. The predicted molar refractivity (Wildman–Crippen MR) is 127 cm³/mol. The number of aryl methyl sites for hydroxylation is 1. The van der Waals surface area contributed by atoms with Gasteiger partial charge in [-0.1, -0.05) is 13.8 Å². The highest BCUT2D eigenvalue weighted by Crippen LogP contribution is 2.39. The first-order chi connectivity index (χ1) is 15.8. The quantitative estimate of drug-likeness (QED) is 0.552. The zero-order valence-electron chi connectivity index (χ0n) is 19.9. The minimum atomic E-state index is -3.55. The Kier molecular flexibility index (Phi) is 7.86. The standard InChI is InChI=1S/C24H32N2O6S/c1-6-25(7-2)33(28,29)19-10-11-20-18(16-19)9-8-12-26(20)23(27)15-17-13-21(30-3)24(32-5)22(14-17)31-4/h10-11,13-14,16H,6-9,12,15H2,1-5H3. The van der Waals surface area contributed by atoms with Crippen LogP contribution in [0, 0.1) is 0 Å². The van der Waals surface area contributed by atoms with E-state index in [0.29, 0.717) is 36.9 Å². The van der Waals surface area contributed by atoms with Gasteiger partial charge >= 0.3 is 0 Å². The molecular formula is C24H32N2O6S. The Morgan fingerprint density at radius 3 is 2.18 bits per heavy atom. The summed E-state index contributed by atoms with van der Waals surface area (Å²) in [5, 5.41) is 0. The molecule has 0 saturated heterocycles. The van der Waals surface area contributed by atoms with Crippen molar-refractivity contribution in [2.75, 3.05) is 45.9 Å². The van der Waals surface area contributed by atoms with Crippen LogP contribution < -0.4 is 19.1 Å². The summed E-state index contributed by atoms with van der Waals surface area (Å²) in [7, 11) is 1.05. The molecule has 2 aromatic carbocycles. The number of ether oxygens (including phenoxy) is 3. The molecule has 0 fully saturated rings. The molecule has 33 heavy (non-hydrogen) atoms. The summed E-state index contributed by atoms with van der Waals surface area (Å²) in [6, 6.07) is 8.59. The van der Waals surface area contributed by atoms with Crippen LogP contribution in [0.25, 0.3) is 0 Å². The van der Waals surface area contributed by atoms with E-state index in [2.05, 4.69) is 0 Å². The number of methoxy groups -OCH3 is 3. The van der Waals surface area contributed by atoms with Gasteiger partial charge in [0.2, 0.25) is 21.7 Å². The Labute approximate surface area is 196 Å². The highest BCUT2D eigenvalue weighted by molar-refractivity contribution is 7.89. The normalized spacial score (nSPS) is 13.6. The van der Waals surface area contributed by atoms with Crippen LogP contribution in [-0.4, -0.2) is 59.6 Å². The highest BCUT2D eigenvalue weighted by Gasteiger charge is 2.27. The van der Waals surface area contributed by atoms with Gasteiger partial charge in [-0.3, -0.25) is 4.79 Å². The maximum atomic E-state index is 13.3. The van der Waals surface area contributed by atoms with E-state index in [9.17, 15) is 13.2 Å². The number of anilines is 1. The van der Waals surface area contributed by atoms with E-state index in [1.807, 2.05) is 13.8 Å². The first-order valence-electron chi connectivity index (χ1n) is 11.0. The second-order valence-electron chi connectivity index (χ2n) is 7.74. The minimum Gasteiger partial charge on any atom is -0.493 e. The van der Waals surface area contributed by atoms with E-state index < -0.39 is 10.0 Å². The lowest BCUT2D eigenvalue weighted by Crippen LogP contribution is -2.37. The molecule has 8 nitrogen and oxygen atoms in total. The van der Waals surface area contributed by atoms with Crippen LogP contribution in [0.15, 0.2) is 35.2 Å². The molecule has 3 rings (SSSR count). The number of fused-ring (bicyclic) bond motifs is 1. The van der Waals surface area contributed by atoms with E-state index >= 15 is 0 Å². The largest absolute Gasteiger partial charge is 0.493 e. The average Bonchev–Trinajstić information content (AvgIpc) is 2.83. The third kappa shape index (κ3) is 4.94. The Hall–Kier alpha value is -2.78. The van der Waals surface area contributed by atoms with Crippen molar-refractivity contribution in [1.82, 2.24) is 4.31 Å². The second kappa shape index (κ2) is 10.4. The Balaban J connectivity index is 1.89. The van der Waals surface area contributed by atoms with E-state index in [1.54, 1.807) is 35.2 Å². The molecule has 180 valence electrons. The van der Waals surface area contributed by atoms with Crippen molar-refractivity contribution in [3.8, 4) is 17.2 Å². The van der Waals surface area contributed by atoms with E-state index in [4.69, 9.17) is 14.2 Å². The van der Waals surface area contributed by atoms with Crippen molar-refractivity contribution in [2.24, 2.45) is 0 Å². The molecule has 0 bridgehead atoms. The Morgan fingerprint density at radius 1 is 1.00 bits per heavy atom. The van der Waals surface area contributed by atoms with Gasteiger partial charge in [0.25, 0.3) is 0 Å². The summed E-state index contributed by atoms with van der Waals surface area (Å²) in [6.45, 7) is 5.05. The van der Waals surface area contributed by atoms with Gasteiger partial charge in [-0.15, -0.1) is 0 Å². The van der Waals surface area contributed by atoms with Crippen LogP contribution in [0.1, 0.15) is 31.4 Å². The molecule has 1 amide bonds. The summed E-state index contributed by atoms with van der Waals surface area (Å²) in [4.78, 5) is 15.3. The summed E-state index contributed by atoms with van der Waals surface area (Å²) < 4.78 is 43.4. The number of carbonyl (C=O) groups is 1. The number of sulfonamides is 1. The zero-order valence-corrected chi connectivity index (χ0v) is 20.7. The molecule has 0 aliphatic carbocycles. The fourth-order valence-electron chi connectivity index (χ4n) is 4.21. The maximum absolute atomic E-state index is 13.3. The first-order valence-corrected chi connectivity index (χ1v) is 12.5. The summed E-state index contributed by atoms with van der Waals surface area (Å²) in [5.74, 6) is 1.38. The monoisotopic (exact) mass is 476 g/mol. The molecule has 1 heterocycles. The molecule has 0 radical (unpaired) electrons. The first kappa shape index (κ1) is 24.9. The van der Waals surface area contributed by atoms with Crippen molar-refractivity contribution in [3.05, 3.63) is 41.5 Å². The molecule has 9 heteroatoms. The second-order valence-corrected chi connectivity index (χ2v) is 9.68. The van der Waals surface area contributed by atoms with Gasteiger partial charge in [-0.05, 0) is 54.3 Å². The average molecular weight is 477 g/mol. The van der Waals surface area contributed by atoms with E-state index in [-0.39, 0.29) is 17.2 Å². The SMILES string of the molecule is CCN(CC)S(=O)(=O)c1ccc2c(c1)CCCN2C(=O)Cc1cc(OC)c(OC)c(OC)c1. The predicted octanol–water partition coefficient (Wildman–Crippen LogP) is 3.26. The van der Waals surface area contributed by atoms with Crippen LogP contribution >= 0.6 is 0 Å². The number of hydrogen-bond acceptors (Lipinski definition) is 6. The van der Waals surface area contributed by atoms with Crippen molar-refractivity contribution in [2.45, 2.75) is 38.0 Å². The fourth-order valence-corrected chi connectivity index (χ4v) is 5.72. The Morgan fingerprint density at radius 2 is 1.64 bits per heavy atom. The lowest BCUT2D eigenvalue weighted by atomic mass is 10.0. The van der Waals surface area contributed by atoms with E-state index in [0.717, 1.165) is 29.7 Å². The molecule has 0 saturated carbocycles. The van der Waals surface area contributed by atoms with Gasteiger partial charge in [0.1, 0.15) is 0 Å². The van der Waals surface area contributed by atoms with Crippen LogP contribution in [0.5, 0.6) is 17.2 Å². The van der Waals surface area contributed by atoms with Gasteiger partial charge in [-0.25, -0.2) is 8.42 Å². The third-order valence-electron chi connectivity index (χ3n) is 5.89. The topological polar surface area (TPSA) is 85.4 Å². The van der Waals surface area contributed by atoms with E-state index in [1.165, 1.54) is 25.6 Å². The summed E-state index contributed by atoms with van der Waals surface area (Å²) in [6.07, 6.45) is 1.64. The van der Waals surface area contributed by atoms with Crippen LogP contribution in [-0.2, 0) is 27.7 Å². The van der Waals surface area contributed by atoms with Gasteiger partial charge in [0, 0.05) is 25.3 Å². The molecule has 1 aliphatic heterocycles. The maximum Gasteiger partial charge on any atom is 0.243 e. The lowest BCUT2D eigenvalue weighted by molar-refractivity contribution is -0.118. The number of benzene rings is 2. The van der Waals surface area contributed by atoms with Gasteiger partial charge in [-0.2, -0.15) is 4.31 Å². The van der Waals surface area contributed by atoms with Crippen molar-refractivity contribution in [3.63, 3.8) is 0 Å². The van der Waals surface area contributed by atoms with Gasteiger partial charge in [0.05, 0.1) is 32.6 Å². The number of hydrogen-bond donors (Lipinski definition) is 0. The molecule has 0 unspecified atom stereocenters. The number of rotatable bonds is 9. The molecule has 0 atom stereocenters. The molecule has 1 aliphatic rings. The van der Waals surface area contributed by atoms with Crippen LogP contribution in [0.2, 0.25) is 0 Å². The summed E-state index contributed by atoms with van der Waals surface area (Å²) >= 11 is 0. The molecule has 0 N–H and O–H groups in total. The zero-order chi connectivity index (χ0) is 24.2. The number of carbonyl (C=O) groups excluding carboxylic acids is 1. The molecular weight excluding hydrogens is 444 g/mol. The minimum absolute atomic E-state index is 0.0791. The fraction of sp³-hybridized carbons (Fsp3) is 0.458. The molecule has 0 spiro atoms. The van der Waals surface area contributed by atoms with Gasteiger partial charge < -0.3 is 19.1 Å². The van der Waals surface area contributed by atoms with Gasteiger partial charge in [0.15, 0.2) is 11.5 Å². The Bertz CT molecular complexity index is 1090. The smallest absolute Gasteiger partial charge is 0.243 e. The van der Waals surface area contributed by atoms with Crippen molar-refractivity contribution < 1.29 is 27.4 Å². The van der Waals surface area contributed by atoms with Crippen molar-refractivity contribution >= 4 is 21.6 Å². The van der Waals surface area contributed by atoms with Crippen LogP contribution in [0.3, 0.4) is 0 Å². The third-order valence-corrected chi connectivity index (χ3v) is 7.94. The van der Waals surface area contributed by atoms with Crippen molar-refractivity contribution in [1.29, 1.82) is 0 Å². The number of nitrogens with zero attached hydrogens (tertiary/aromatic N) is 2. The summed E-state index contributed by atoms with van der Waals surface area (Å²) in [5.41, 5.74) is 2.37. The lowest BCUT2D eigenvalue weighted by Gasteiger charge is -2.30.